The van der Waals surface area contributed by atoms with Crippen LogP contribution in [0.4, 0.5) is 4.39 Å². The Morgan fingerprint density at radius 2 is 1.60 bits per heavy atom. The number of aromatic hydroxyl groups is 1. The topological polar surface area (TPSA) is 77.4 Å². The van der Waals surface area contributed by atoms with Gasteiger partial charge in [-0.3, -0.25) is 4.79 Å². The summed E-state index contributed by atoms with van der Waals surface area (Å²) in [5.74, 6) is -0.942. The summed E-state index contributed by atoms with van der Waals surface area (Å²) < 4.78 is 19.7. The third-order valence-electron chi connectivity index (χ3n) is 5.63. The molecule has 0 spiro atoms. The van der Waals surface area contributed by atoms with Gasteiger partial charge >= 0.3 is 0 Å². The second-order valence-corrected chi connectivity index (χ2v) is 8.03. The highest BCUT2D eigenvalue weighted by Gasteiger charge is 2.23. The van der Waals surface area contributed by atoms with Gasteiger partial charge < -0.3 is 14.7 Å². The fourth-order valence-corrected chi connectivity index (χ4v) is 3.86. The molecule has 30 heavy (non-hydrogen) atoms. The molecular weight excluding hydrogens is 385 g/mol. The third-order valence-corrected chi connectivity index (χ3v) is 5.63. The van der Waals surface area contributed by atoms with E-state index >= 15 is 0 Å². The molecule has 0 saturated heterocycles. The van der Waals surface area contributed by atoms with Gasteiger partial charge in [0.05, 0.1) is 6.07 Å². The molecule has 0 saturated carbocycles. The third kappa shape index (κ3) is 5.29. The molecule has 1 aliphatic heterocycles. The summed E-state index contributed by atoms with van der Waals surface area (Å²) in [4.78, 5) is 11.5. The van der Waals surface area contributed by atoms with Crippen LogP contribution in [0.15, 0.2) is 33.5 Å². The zero-order valence-corrected chi connectivity index (χ0v) is 17.6. The van der Waals surface area contributed by atoms with Gasteiger partial charge in [-0.15, -0.1) is 0 Å². The Kier molecular flexibility index (Phi) is 7.66. The van der Waals surface area contributed by atoms with Crippen LogP contribution in [0.25, 0.3) is 22.6 Å². The van der Waals surface area contributed by atoms with Crippen LogP contribution in [0.2, 0.25) is 0 Å². The fourth-order valence-electron chi connectivity index (χ4n) is 3.86. The van der Waals surface area contributed by atoms with Crippen molar-refractivity contribution < 1.29 is 18.6 Å². The van der Waals surface area contributed by atoms with Crippen LogP contribution in [0.3, 0.4) is 0 Å². The second-order valence-electron chi connectivity index (χ2n) is 8.03. The van der Waals surface area contributed by atoms with E-state index in [2.05, 4.69) is 6.92 Å². The minimum absolute atomic E-state index is 0.00857. The van der Waals surface area contributed by atoms with E-state index < -0.39 is 11.2 Å². The first-order chi connectivity index (χ1) is 14.5. The molecule has 2 aliphatic rings. The van der Waals surface area contributed by atoms with Crippen molar-refractivity contribution in [2.24, 2.45) is 0 Å². The second kappa shape index (κ2) is 10.4. The molecule has 1 N–H and O–H groups in total. The molecule has 0 fully saturated rings. The van der Waals surface area contributed by atoms with E-state index in [1.165, 1.54) is 57.4 Å². The molecule has 6 heteroatoms. The highest BCUT2D eigenvalue weighted by molar-refractivity contribution is 5.75. The molecule has 0 bridgehead atoms. The highest BCUT2D eigenvalue weighted by Crippen LogP contribution is 2.29. The average Bonchev–Trinajstić information content (AvgIpc) is 2.72. The predicted molar refractivity (Wildman–Crippen MR) is 115 cm³/mol. The van der Waals surface area contributed by atoms with Crippen molar-refractivity contribution in [3.63, 3.8) is 0 Å². The lowest BCUT2D eigenvalue weighted by Gasteiger charge is -2.11. The Morgan fingerprint density at radius 1 is 0.967 bits per heavy atom. The van der Waals surface area contributed by atoms with E-state index in [1.807, 2.05) is 0 Å². The Balaban J connectivity index is 1.60. The lowest BCUT2D eigenvalue weighted by Crippen LogP contribution is -2.32. The molecule has 3 rings (SSSR count). The van der Waals surface area contributed by atoms with E-state index in [1.54, 1.807) is 6.07 Å². The summed E-state index contributed by atoms with van der Waals surface area (Å²) in [6.45, 7) is 2.23. The first-order valence-electron chi connectivity index (χ1n) is 11.0. The van der Waals surface area contributed by atoms with Crippen molar-refractivity contribution in [3.8, 4) is 17.2 Å². The Bertz CT molecular complexity index is 1010. The molecule has 1 heterocycles. The minimum Gasteiger partial charge on any atom is -0.618 e. The Labute approximate surface area is 176 Å². The number of hydrogen-bond acceptors (Lipinski definition) is 4. The van der Waals surface area contributed by atoms with Crippen LogP contribution in [-0.2, 0) is 6.42 Å². The molecular formula is C24H30FNO4. The molecule has 0 radical (unpaired) electrons. The van der Waals surface area contributed by atoms with E-state index in [9.17, 15) is 19.5 Å². The maximum Gasteiger partial charge on any atom is 0.263 e. The van der Waals surface area contributed by atoms with Gasteiger partial charge in [-0.05, 0) is 12.8 Å². The van der Waals surface area contributed by atoms with Gasteiger partial charge in [-0.2, -0.15) is 4.73 Å². The molecule has 0 aromatic heterocycles. The highest BCUT2D eigenvalue weighted by atomic mass is 19.1. The maximum absolute atomic E-state index is 13.6. The first kappa shape index (κ1) is 22.1. The van der Waals surface area contributed by atoms with Gasteiger partial charge in [0, 0.05) is 23.8 Å². The number of nitrogens with zero attached hydrogens (tertiary/aromatic N) is 1. The summed E-state index contributed by atoms with van der Waals surface area (Å²) in [7, 11) is 0. The number of benzene rings is 2. The van der Waals surface area contributed by atoms with Gasteiger partial charge in [0.25, 0.3) is 11.2 Å². The number of fused-ring (bicyclic) bond motifs is 2. The SMILES string of the molecule is CCCCCCCCCCCCc1cc2c(cc1O)oc1cc(=O)c(F)cc-1[n+]2[O-]. The lowest BCUT2D eigenvalue weighted by atomic mass is 10.0. The first-order valence-corrected chi connectivity index (χ1v) is 11.0. The van der Waals surface area contributed by atoms with E-state index in [0.717, 1.165) is 25.0 Å². The molecule has 1 aromatic carbocycles. The van der Waals surface area contributed by atoms with Crippen LogP contribution in [0.1, 0.15) is 76.7 Å². The van der Waals surface area contributed by atoms with Crippen molar-refractivity contribution in [3.05, 3.63) is 51.1 Å². The summed E-state index contributed by atoms with van der Waals surface area (Å²) in [5, 5.41) is 23.0. The summed E-state index contributed by atoms with van der Waals surface area (Å²) in [6, 6.07) is 4.83. The van der Waals surface area contributed by atoms with E-state index in [-0.39, 0.29) is 28.3 Å². The number of aromatic nitrogens is 1. The largest absolute Gasteiger partial charge is 0.618 e. The van der Waals surface area contributed by atoms with E-state index in [4.69, 9.17) is 4.42 Å². The van der Waals surface area contributed by atoms with Gasteiger partial charge in [-0.1, -0.05) is 64.7 Å². The normalized spacial score (nSPS) is 11.5. The van der Waals surface area contributed by atoms with Crippen LogP contribution in [0, 0.1) is 11.0 Å². The maximum atomic E-state index is 13.6. The number of halogens is 1. The average molecular weight is 416 g/mol. The monoisotopic (exact) mass is 415 g/mol. The van der Waals surface area contributed by atoms with Gasteiger partial charge in [0.1, 0.15) is 5.75 Å². The van der Waals surface area contributed by atoms with Crippen molar-refractivity contribution >= 4 is 11.1 Å². The molecule has 0 unspecified atom stereocenters. The number of aryl methyl sites for hydroxylation is 1. The predicted octanol–water partition coefficient (Wildman–Crippen LogP) is 5.84. The summed E-state index contributed by atoms with van der Waals surface area (Å²) >= 11 is 0. The summed E-state index contributed by atoms with van der Waals surface area (Å²) in [5.41, 5.74) is 0.151. The number of phenolic OH excluding ortho intramolecular Hbond substituents is 1. The Morgan fingerprint density at radius 3 is 2.27 bits per heavy atom. The van der Waals surface area contributed by atoms with Gasteiger partial charge in [0.15, 0.2) is 5.82 Å². The van der Waals surface area contributed by atoms with Crippen molar-refractivity contribution in [1.82, 2.24) is 0 Å². The van der Waals surface area contributed by atoms with Crippen LogP contribution in [0.5, 0.6) is 5.75 Å². The quantitative estimate of drug-likeness (QED) is 0.185. The number of rotatable bonds is 11. The van der Waals surface area contributed by atoms with Crippen molar-refractivity contribution in [2.75, 3.05) is 0 Å². The smallest absolute Gasteiger partial charge is 0.263 e. The number of unbranched alkanes of at least 4 members (excludes halogenated alkanes) is 9. The van der Waals surface area contributed by atoms with Gasteiger partial charge in [-0.25, -0.2) is 4.39 Å². The molecule has 5 nitrogen and oxygen atoms in total. The number of phenols is 1. The van der Waals surface area contributed by atoms with Crippen molar-refractivity contribution in [2.45, 2.75) is 77.6 Å². The van der Waals surface area contributed by atoms with E-state index in [0.29, 0.717) is 16.7 Å². The van der Waals surface area contributed by atoms with Crippen LogP contribution < -0.4 is 10.2 Å². The fraction of sp³-hybridized carbons (Fsp3) is 0.500. The molecule has 162 valence electrons. The zero-order chi connectivity index (χ0) is 21.5. The molecule has 0 amide bonds. The molecule has 1 aromatic rings. The van der Waals surface area contributed by atoms with Crippen LogP contribution >= 0.6 is 0 Å². The minimum atomic E-state index is -0.994. The molecule has 0 atom stereocenters. The Hall–Kier alpha value is -2.63. The summed E-state index contributed by atoms with van der Waals surface area (Å²) in [6.07, 6.45) is 12.9. The van der Waals surface area contributed by atoms with Gasteiger partial charge in [0.2, 0.25) is 16.8 Å². The standard InChI is InChI=1S/C24H30FNO4/c1-2-3-4-5-6-7-8-9-10-11-12-17-13-19-23(15-21(17)27)30-24-16-22(28)18(25)14-20(24)26(19)29/h13-16,27H,2-12H2,1H3. The number of hydrogen-bond donors (Lipinski definition) is 1. The zero-order valence-electron chi connectivity index (χ0n) is 17.6. The van der Waals surface area contributed by atoms with Crippen molar-refractivity contribution in [1.29, 1.82) is 0 Å². The van der Waals surface area contributed by atoms with Crippen LogP contribution in [-0.4, -0.2) is 5.11 Å². The molecule has 1 aliphatic carbocycles. The lowest BCUT2D eigenvalue weighted by molar-refractivity contribution is -0.566.